The van der Waals surface area contributed by atoms with Crippen molar-refractivity contribution in [2.45, 2.75) is 13.5 Å². The van der Waals surface area contributed by atoms with Gasteiger partial charge in [0, 0.05) is 0 Å². The van der Waals surface area contributed by atoms with Crippen LogP contribution in [0, 0.1) is 18.6 Å². The highest BCUT2D eigenvalue weighted by Gasteiger charge is 2.36. The van der Waals surface area contributed by atoms with E-state index >= 15 is 0 Å². The lowest BCUT2D eigenvalue weighted by Gasteiger charge is -2.15. The third kappa shape index (κ3) is 5.87. The zero-order valence-electron chi connectivity index (χ0n) is 21.7. The SMILES string of the molecule is Cc1ccc(-c2ccc(F)cc2)cc1.O=C1c2ccccc2C(=O)N1OCc1ccccc1-c1ccc(F)cc1. The Morgan fingerprint density at radius 1 is 0.550 bits per heavy atom. The number of aryl methyl sites for hydroxylation is 1. The smallest absolute Gasteiger partial charge is 0.266 e. The molecule has 1 heterocycles. The molecule has 1 aliphatic rings. The average Bonchev–Trinajstić information content (AvgIpc) is 3.23. The third-order valence-corrected chi connectivity index (χ3v) is 6.51. The van der Waals surface area contributed by atoms with Crippen molar-refractivity contribution < 1.29 is 23.2 Å². The zero-order chi connectivity index (χ0) is 28.1. The molecule has 0 atom stereocenters. The maximum Gasteiger partial charge on any atom is 0.285 e. The molecule has 6 heteroatoms. The molecule has 0 N–H and O–H groups in total. The fourth-order valence-electron chi connectivity index (χ4n) is 4.36. The lowest BCUT2D eigenvalue weighted by atomic mass is 10.0. The summed E-state index contributed by atoms with van der Waals surface area (Å²) in [4.78, 5) is 30.3. The van der Waals surface area contributed by atoms with Gasteiger partial charge < -0.3 is 0 Å². The summed E-state index contributed by atoms with van der Waals surface area (Å²) in [7, 11) is 0. The molecule has 2 amide bonds. The molecule has 0 aliphatic carbocycles. The molecule has 0 radical (unpaired) electrons. The summed E-state index contributed by atoms with van der Waals surface area (Å²) in [6.07, 6.45) is 0. The van der Waals surface area contributed by atoms with Gasteiger partial charge in [0.05, 0.1) is 11.1 Å². The standard InChI is InChI=1S/C21H14FNO3.C13H11F/c22-16-11-9-14(10-12-16)17-6-2-1-5-15(17)13-26-23-20(24)18-7-3-4-8-19(18)21(23)25;1-10-2-4-11(5-3-10)12-6-8-13(14)9-7-12/h1-12H,13H2;2-9H,1H3. The number of benzene rings is 5. The van der Waals surface area contributed by atoms with Gasteiger partial charge in [-0.25, -0.2) is 8.78 Å². The summed E-state index contributed by atoms with van der Waals surface area (Å²) in [6.45, 7) is 2.09. The van der Waals surface area contributed by atoms with Crippen LogP contribution < -0.4 is 0 Å². The molecule has 0 unspecified atom stereocenters. The van der Waals surface area contributed by atoms with Gasteiger partial charge in [-0.15, -0.1) is 5.06 Å². The van der Waals surface area contributed by atoms with Crippen LogP contribution in [-0.4, -0.2) is 16.9 Å². The van der Waals surface area contributed by atoms with Crippen LogP contribution in [-0.2, 0) is 11.4 Å². The zero-order valence-corrected chi connectivity index (χ0v) is 21.7. The molecule has 4 nitrogen and oxygen atoms in total. The second-order valence-electron chi connectivity index (χ2n) is 9.26. The minimum atomic E-state index is -0.468. The number of carbonyl (C=O) groups is 2. The predicted octanol–water partition coefficient (Wildman–Crippen LogP) is 8.02. The number of nitrogens with zero attached hydrogens (tertiary/aromatic N) is 1. The van der Waals surface area contributed by atoms with Crippen LogP contribution in [0.2, 0.25) is 0 Å². The summed E-state index contributed by atoms with van der Waals surface area (Å²) < 4.78 is 25.8. The van der Waals surface area contributed by atoms with Gasteiger partial charge in [-0.2, -0.15) is 0 Å². The number of hydroxylamine groups is 2. The Morgan fingerprint density at radius 2 is 0.975 bits per heavy atom. The molecular formula is C34H25F2NO3. The van der Waals surface area contributed by atoms with Crippen molar-refractivity contribution in [3.05, 3.63) is 155 Å². The number of amides is 2. The highest BCUT2D eigenvalue weighted by atomic mass is 19.1. The summed E-state index contributed by atoms with van der Waals surface area (Å²) in [5.41, 5.74) is 6.54. The van der Waals surface area contributed by atoms with Crippen molar-refractivity contribution in [1.82, 2.24) is 5.06 Å². The van der Waals surface area contributed by atoms with Crippen LogP contribution in [0.3, 0.4) is 0 Å². The molecule has 6 rings (SSSR count). The second-order valence-corrected chi connectivity index (χ2v) is 9.26. The normalized spacial score (nSPS) is 12.1. The molecule has 0 fully saturated rings. The van der Waals surface area contributed by atoms with E-state index in [-0.39, 0.29) is 18.2 Å². The molecule has 5 aromatic rings. The molecule has 0 spiro atoms. The Hall–Kier alpha value is -4.94. The van der Waals surface area contributed by atoms with Crippen molar-refractivity contribution in [3.63, 3.8) is 0 Å². The first kappa shape index (κ1) is 26.7. The highest BCUT2D eigenvalue weighted by molar-refractivity contribution is 6.20. The first-order valence-corrected chi connectivity index (χ1v) is 12.7. The van der Waals surface area contributed by atoms with Crippen molar-refractivity contribution in [1.29, 1.82) is 0 Å². The first-order valence-electron chi connectivity index (χ1n) is 12.7. The third-order valence-electron chi connectivity index (χ3n) is 6.51. The second kappa shape index (κ2) is 11.8. The van der Waals surface area contributed by atoms with E-state index in [9.17, 15) is 18.4 Å². The van der Waals surface area contributed by atoms with Gasteiger partial charge in [-0.05, 0) is 71.1 Å². The molecule has 0 saturated carbocycles. The Balaban J connectivity index is 0.000000194. The average molecular weight is 534 g/mol. The lowest BCUT2D eigenvalue weighted by molar-refractivity contribution is -0.100. The molecule has 5 aromatic carbocycles. The molecule has 0 aromatic heterocycles. The fourth-order valence-corrected chi connectivity index (χ4v) is 4.36. The first-order chi connectivity index (χ1) is 19.4. The Labute approximate surface area is 231 Å². The van der Waals surface area contributed by atoms with E-state index in [1.807, 2.05) is 36.4 Å². The lowest BCUT2D eigenvalue weighted by Crippen LogP contribution is -2.29. The largest absolute Gasteiger partial charge is 0.285 e. The summed E-state index contributed by atoms with van der Waals surface area (Å²) in [5.74, 6) is -1.44. The number of hydrogen-bond acceptors (Lipinski definition) is 3. The number of fused-ring (bicyclic) bond motifs is 1. The summed E-state index contributed by atoms with van der Waals surface area (Å²) in [6, 6.07) is 34.9. The number of carbonyl (C=O) groups excluding carboxylic acids is 2. The van der Waals surface area contributed by atoms with Gasteiger partial charge in [0.25, 0.3) is 11.8 Å². The van der Waals surface area contributed by atoms with Gasteiger partial charge >= 0.3 is 0 Å². The Morgan fingerprint density at radius 3 is 1.50 bits per heavy atom. The number of hydrogen-bond donors (Lipinski definition) is 0. The number of halogens is 2. The maximum absolute atomic E-state index is 13.2. The van der Waals surface area contributed by atoms with Crippen molar-refractivity contribution in [3.8, 4) is 22.3 Å². The van der Waals surface area contributed by atoms with Crippen LogP contribution in [0.15, 0.2) is 121 Å². The van der Waals surface area contributed by atoms with E-state index in [2.05, 4.69) is 19.1 Å². The van der Waals surface area contributed by atoms with E-state index in [4.69, 9.17) is 4.84 Å². The molecule has 40 heavy (non-hydrogen) atoms. The van der Waals surface area contributed by atoms with Crippen LogP contribution >= 0.6 is 0 Å². The molecule has 198 valence electrons. The van der Waals surface area contributed by atoms with Gasteiger partial charge in [-0.3, -0.25) is 14.4 Å². The van der Waals surface area contributed by atoms with E-state index < -0.39 is 11.8 Å². The molecule has 0 bridgehead atoms. The topological polar surface area (TPSA) is 46.6 Å². The van der Waals surface area contributed by atoms with E-state index in [1.165, 1.54) is 29.8 Å². The summed E-state index contributed by atoms with van der Waals surface area (Å²) >= 11 is 0. The summed E-state index contributed by atoms with van der Waals surface area (Å²) in [5, 5.41) is 0.798. The minimum Gasteiger partial charge on any atom is -0.266 e. The Bertz CT molecular complexity index is 1570. The van der Waals surface area contributed by atoms with Crippen LogP contribution in [0.4, 0.5) is 8.78 Å². The van der Waals surface area contributed by atoms with Gasteiger partial charge in [-0.1, -0.05) is 90.5 Å². The van der Waals surface area contributed by atoms with Crippen molar-refractivity contribution in [2.75, 3.05) is 0 Å². The van der Waals surface area contributed by atoms with Gasteiger partial charge in [0.15, 0.2) is 0 Å². The monoisotopic (exact) mass is 533 g/mol. The van der Waals surface area contributed by atoms with Gasteiger partial charge in [0.1, 0.15) is 18.2 Å². The van der Waals surface area contributed by atoms with Crippen molar-refractivity contribution >= 4 is 11.8 Å². The van der Waals surface area contributed by atoms with Crippen LogP contribution in [0.1, 0.15) is 31.8 Å². The highest BCUT2D eigenvalue weighted by Crippen LogP contribution is 2.27. The van der Waals surface area contributed by atoms with Crippen molar-refractivity contribution in [2.24, 2.45) is 0 Å². The van der Waals surface area contributed by atoms with Gasteiger partial charge in [0.2, 0.25) is 0 Å². The van der Waals surface area contributed by atoms with Crippen LogP contribution in [0.5, 0.6) is 0 Å². The fraction of sp³-hybridized carbons (Fsp3) is 0.0588. The Kier molecular flexibility index (Phi) is 7.89. The van der Waals surface area contributed by atoms with E-state index in [0.29, 0.717) is 11.1 Å². The molecule has 1 aliphatic heterocycles. The quantitative estimate of drug-likeness (QED) is 0.215. The van der Waals surface area contributed by atoms with E-state index in [0.717, 1.165) is 32.9 Å². The van der Waals surface area contributed by atoms with E-state index in [1.54, 1.807) is 48.5 Å². The van der Waals surface area contributed by atoms with Crippen LogP contribution in [0.25, 0.3) is 22.3 Å². The minimum absolute atomic E-state index is 0.0407. The molecule has 0 saturated heterocycles. The predicted molar refractivity (Wildman–Crippen MR) is 150 cm³/mol. The number of rotatable bonds is 5. The molecular weight excluding hydrogens is 508 g/mol. The number of imide groups is 1. The maximum atomic E-state index is 13.2.